The Hall–Kier alpha value is -1.15. The number of allylic oxidation sites excluding steroid dienone is 5. The van der Waals surface area contributed by atoms with Crippen LogP contribution in [0.3, 0.4) is 0 Å². The maximum absolute atomic E-state index is 12.3. The minimum Gasteiger partial charge on any atom is -0.395 e. The van der Waals surface area contributed by atoms with Gasteiger partial charge in [-0.05, 0) is 53.9 Å². The van der Waals surface area contributed by atoms with E-state index < -0.39 is 0 Å². The minimum absolute atomic E-state index is 0.106. The summed E-state index contributed by atoms with van der Waals surface area (Å²) in [5, 5.41) is 9.87. The molecule has 3 atom stereocenters. The lowest BCUT2D eigenvalue weighted by molar-refractivity contribution is -0.122. The van der Waals surface area contributed by atoms with Crippen molar-refractivity contribution in [3.63, 3.8) is 0 Å². The van der Waals surface area contributed by atoms with Gasteiger partial charge in [-0.3, -0.25) is 4.79 Å². The molecule has 0 spiro atoms. The van der Waals surface area contributed by atoms with E-state index >= 15 is 0 Å². The quantitative estimate of drug-likeness (QED) is 0.829. The second-order valence-electron chi connectivity index (χ2n) is 8.19. The lowest BCUT2D eigenvalue weighted by Crippen LogP contribution is -2.40. The van der Waals surface area contributed by atoms with Crippen molar-refractivity contribution in [1.82, 2.24) is 0 Å². The second-order valence-corrected chi connectivity index (χ2v) is 8.19. The predicted molar refractivity (Wildman–Crippen MR) is 89.4 cm³/mol. The van der Waals surface area contributed by atoms with Crippen LogP contribution in [0.1, 0.15) is 53.4 Å². The van der Waals surface area contributed by atoms with Gasteiger partial charge in [0, 0.05) is 10.8 Å². The first-order chi connectivity index (χ1) is 10.3. The van der Waals surface area contributed by atoms with Crippen molar-refractivity contribution >= 4 is 5.78 Å². The molecular formula is C20H28O2. The summed E-state index contributed by atoms with van der Waals surface area (Å²) in [5.74, 6) is 1.30. The third-order valence-corrected chi connectivity index (χ3v) is 6.21. The molecule has 0 aromatic rings. The SMILES string of the molecule is CC[C@H]1[C@@H]2CCC3=CC(=O)C(C)(C)CC3=C2C=C[C@]1(C)CO. The van der Waals surface area contributed by atoms with E-state index in [1.807, 2.05) is 6.08 Å². The van der Waals surface area contributed by atoms with E-state index in [1.54, 1.807) is 0 Å². The number of hydrogen-bond donors (Lipinski definition) is 1. The van der Waals surface area contributed by atoms with Gasteiger partial charge in [0.2, 0.25) is 0 Å². The first-order valence-corrected chi connectivity index (χ1v) is 8.61. The Labute approximate surface area is 134 Å². The Morgan fingerprint density at radius 2 is 2.05 bits per heavy atom. The largest absolute Gasteiger partial charge is 0.395 e. The Morgan fingerprint density at radius 3 is 2.68 bits per heavy atom. The van der Waals surface area contributed by atoms with E-state index in [0.29, 0.717) is 11.8 Å². The van der Waals surface area contributed by atoms with Crippen LogP contribution in [0.25, 0.3) is 0 Å². The molecule has 1 N–H and O–H groups in total. The molecule has 3 aliphatic carbocycles. The number of carbonyl (C=O) groups excluding carboxylic acids is 1. The van der Waals surface area contributed by atoms with E-state index in [4.69, 9.17) is 0 Å². The highest BCUT2D eigenvalue weighted by atomic mass is 16.3. The summed E-state index contributed by atoms with van der Waals surface area (Å²) in [6, 6.07) is 0. The topological polar surface area (TPSA) is 37.3 Å². The van der Waals surface area contributed by atoms with Crippen LogP contribution in [0.2, 0.25) is 0 Å². The fourth-order valence-electron chi connectivity index (χ4n) is 4.71. The fraction of sp³-hybridized carbons (Fsp3) is 0.650. The molecule has 0 fully saturated rings. The van der Waals surface area contributed by atoms with Gasteiger partial charge in [-0.1, -0.05) is 46.3 Å². The summed E-state index contributed by atoms with van der Waals surface area (Å²) in [6.07, 6.45) is 10.4. The molecule has 2 heteroatoms. The third-order valence-electron chi connectivity index (χ3n) is 6.21. The number of aliphatic hydroxyl groups excluding tert-OH is 1. The molecular weight excluding hydrogens is 272 g/mol. The van der Waals surface area contributed by atoms with Gasteiger partial charge in [0.1, 0.15) is 0 Å². The summed E-state index contributed by atoms with van der Waals surface area (Å²) in [4.78, 5) is 12.3. The predicted octanol–water partition coefficient (Wildman–Crippen LogP) is 4.21. The van der Waals surface area contributed by atoms with Crippen molar-refractivity contribution in [2.45, 2.75) is 53.4 Å². The highest BCUT2D eigenvalue weighted by Gasteiger charge is 2.44. The molecule has 0 saturated carbocycles. The maximum atomic E-state index is 12.3. The van der Waals surface area contributed by atoms with Crippen LogP contribution >= 0.6 is 0 Å². The van der Waals surface area contributed by atoms with Gasteiger partial charge in [0.15, 0.2) is 5.78 Å². The third kappa shape index (κ3) is 2.23. The molecule has 3 aliphatic rings. The van der Waals surface area contributed by atoms with Crippen LogP contribution in [0.4, 0.5) is 0 Å². The number of carbonyl (C=O) groups is 1. The zero-order valence-electron chi connectivity index (χ0n) is 14.3. The van der Waals surface area contributed by atoms with E-state index in [9.17, 15) is 9.90 Å². The first-order valence-electron chi connectivity index (χ1n) is 8.61. The van der Waals surface area contributed by atoms with Gasteiger partial charge in [0.05, 0.1) is 6.61 Å². The average Bonchev–Trinajstić information content (AvgIpc) is 2.48. The number of hydrogen-bond acceptors (Lipinski definition) is 2. The van der Waals surface area contributed by atoms with Crippen molar-refractivity contribution < 1.29 is 9.90 Å². The highest BCUT2D eigenvalue weighted by molar-refractivity contribution is 5.97. The Morgan fingerprint density at radius 1 is 1.32 bits per heavy atom. The number of ketones is 1. The Bertz CT molecular complexity index is 591. The van der Waals surface area contributed by atoms with Crippen molar-refractivity contribution in [2.75, 3.05) is 6.61 Å². The van der Waals surface area contributed by atoms with Crippen molar-refractivity contribution in [2.24, 2.45) is 22.7 Å². The monoisotopic (exact) mass is 300 g/mol. The first kappa shape index (κ1) is 15.7. The summed E-state index contributed by atoms with van der Waals surface area (Å²) < 4.78 is 0. The molecule has 22 heavy (non-hydrogen) atoms. The van der Waals surface area contributed by atoms with E-state index in [1.165, 1.54) is 16.7 Å². The molecule has 0 amide bonds. The molecule has 3 rings (SSSR count). The molecule has 2 nitrogen and oxygen atoms in total. The zero-order chi connectivity index (χ0) is 16.1. The van der Waals surface area contributed by atoms with Crippen LogP contribution in [-0.4, -0.2) is 17.5 Å². The molecule has 0 heterocycles. The molecule has 0 aromatic heterocycles. The van der Waals surface area contributed by atoms with Crippen molar-refractivity contribution in [3.8, 4) is 0 Å². The van der Waals surface area contributed by atoms with E-state index in [2.05, 4.69) is 39.8 Å². The zero-order valence-corrected chi connectivity index (χ0v) is 14.3. The average molecular weight is 300 g/mol. The van der Waals surface area contributed by atoms with Crippen molar-refractivity contribution in [3.05, 3.63) is 34.9 Å². The van der Waals surface area contributed by atoms with E-state index in [-0.39, 0.29) is 23.2 Å². The smallest absolute Gasteiger partial charge is 0.161 e. The number of fused-ring (bicyclic) bond motifs is 2. The normalized spacial score (nSPS) is 36.8. The van der Waals surface area contributed by atoms with Gasteiger partial charge in [-0.15, -0.1) is 0 Å². The lowest BCUT2D eigenvalue weighted by Gasteiger charge is -2.47. The Balaban J connectivity index is 2.11. The lowest BCUT2D eigenvalue weighted by atomic mass is 9.58. The van der Waals surface area contributed by atoms with Gasteiger partial charge >= 0.3 is 0 Å². The van der Waals surface area contributed by atoms with Crippen LogP contribution in [0, 0.1) is 22.7 Å². The fourth-order valence-corrected chi connectivity index (χ4v) is 4.71. The number of rotatable bonds is 2. The molecule has 0 unspecified atom stereocenters. The minimum atomic E-state index is -0.277. The summed E-state index contributed by atoms with van der Waals surface area (Å²) >= 11 is 0. The van der Waals surface area contributed by atoms with E-state index in [0.717, 1.165) is 25.7 Å². The highest BCUT2D eigenvalue weighted by Crippen LogP contribution is 2.53. The summed E-state index contributed by atoms with van der Waals surface area (Å²) in [5.41, 5.74) is 3.74. The second kappa shape index (κ2) is 5.19. The van der Waals surface area contributed by atoms with Gasteiger partial charge in [0.25, 0.3) is 0 Å². The van der Waals surface area contributed by atoms with Gasteiger partial charge in [-0.2, -0.15) is 0 Å². The molecule has 0 bridgehead atoms. The van der Waals surface area contributed by atoms with Crippen LogP contribution in [0.15, 0.2) is 34.9 Å². The molecule has 0 radical (unpaired) electrons. The summed E-state index contributed by atoms with van der Waals surface area (Å²) in [6.45, 7) is 8.75. The molecule has 120 valence electrons. The van der Waals surface area contributed by atoms with Gasteiger partial charge in [-0.25, -0.2) is 0 Å². The van der Waals surface area contributed by atoms with Crippen molar-refractivity contribution in [1.29, 1.82) is 0 Å². The molecule has 0 aliphatic heterocycles. The van der Waals surface area contributed by atoms with Gasteiger partial charge < -0.3 is 5.11 Å². The number of aliphatic hydroxyl groups is 1. The molecule has 0 saturated heterocycles. The Kier molecular flexibility index (Phi) is 3.71. The van der Waals surface area contributed by atoms with Crippen LogP contribution in [0.5, 0.6) is 0 Å². The summed E-state index contributed by atoms with van der Waals surface area (Å²) in [7, 11) is 0. The van der Waals surface area contributed by atoms with Crippen LogP contribution in [-0.2, 0) is 4.79 Å². The standard InChI is InChI=1S/C20H28O2/c1-5-17-15-7-6-13-10-18(22)19(2,3)11-16(13)14(15)8-9-20(17,4)12-21/h8-10,15,17,21H,5-7,11-12H2,1-4H3/t15-,17+,20-/m1/s1. The maximum Gasteiger partial charge on any atom is 0.161 e. The van der Waals surface area contributed by atoms with Crippen LogP contribution < -0.4 is 0 Å². The molecule has 0 aromatic carbocycles.